The first-order valence-electron chi connectivity index (χ1n) is 7.10. The molecule has 0 spiro atoms. The number of carbonyl (C=O) groups excluding carboxylic acids is 2. The minimum absolute atomic E-state index is 0.0155. The highest BCUT2D eigenvalue weighted by molar-refractivity contribution is 6.16. The lowest BCUT2D eigenvalue weighted by molar-refractivity contribution is -0.117. The second kappa shape index (κ2) is 5.72. The topological polar surface area (TPSA) is 58.6 Å². The molecule has 118 valence electrons. The van der Waals surface area contributed by atoms with Crippen molar-refractivity contribution in [1.29, 1.82) is 0 Å². The molecular weight excluding hydrogens is 299 g/mol. The third-order valence-corrected chi connectivity index (χ3v) is 3.82. The van der Waals surface area contributed by atoms with Crippen LogP contribution < -0.4 is 15.0 Å². The molecular formula is C17H15FN2O3. The summed E-state index contributed by atoms with van der Waals surface area (Å²) in [5, 5.41) is 2.73. The van der Waals surface area contributed by atoms with Crippen LogP contribution in [0.25, 0.3) is 0 Å². The van der Waals surface area contributed by atoms with E-state index in [-0.39, 0.29) is 17.2 Å². The molecule has 0 fully saturated rings. The lowest BCUT2D eigenvalue weighted by Gasteiger charge is -2.34. The Morgan fingerprint density at radius 2 is 1.96 bits per heavy atom. The van der Waals surface area contributed by atoms with Gasteiger partial charge >= 0.3 is 0 Å². The van der Waals surface area contributed by atoms with Gasteiger partial charge in [0.15, 0.2) is 11.6 Å². The Morgan fingerprint density at radius 1 is 1.22 bits per heavy atom. The number of nitrogens with one attached hydrogen (secondary N) is 1. The Hall–Kier alpha value is -2.89. The van der Waals surface area contributed by atoms with Gasteiger partial charge in [0, 0.05) is 0 Å². The summed E-state index contributed by atoms with van der Waals surface area (Å²) in [4.78, 5) is 26.2. The molecule has 0 aliphatic carbocycles. The largest absolute Gasteiger partial charge is 0.494 e. The lowest BCUT2D eigenvalue weighted by atomic mass is 10.1. The van der Waals surface area contributed by atoms with Crippen LogP contribution in [-0.2, 0) is 4.79 Å². The first-order valence-corrected chi connectivity index (χ1v) is 7.10. The van der Waals surface area contributed by atoms with E-state index >= 15 is 0 Å². The average molecular weight is 314 g/mol. The summed E-state index contributed by atoms with van der Waals surface area (Å²) in [6.07, 6.45) is 0. The number of methoxy groups -OCH3 is 1. The fourth-order valence-electron chi connectivity index (χ4n) is 2.60. The zero-order valence-electron chi connectivity index (χ0n) is 12.7. The average Bonchev–Trinajstić information content (AvgIpc) is 2.56. The molecule has 1 aliphatic rings. The van der Waals surface area contributed by atoms with Crippen molar-refractivity contribution in [2.75, 3.05) is 17.3 Å². The van der Waals surface area contributed by atoms with Crippen LogP contribution in [0, 0.1) is 5.82 Å². The molecule has 0 saturated heterocycles. The number of rotatable bonds is 2. The van der Waals surface area contributed by atoms with Crippen LogP contribution >= 0.6 is 0 Å². The van der Waals surface area contributed by atoms with Crippen molar-refractivity contribution < 1.29 is 18.7 Å². The van der Waals surface area contributed by atoms with Crippen LogP contribution in [0.15, 0.2) is 42.5 Å². The molecule has 6 heteroatoms. The third kappa shape index (κ3) is 2.42. The molecule has 2 aromatic rings. The summed E-state index contributed by atoms with van der Waals surface area (Å²) < 4.78 is 19.3. The summed E-state index contributed by atoms with van der Waals surface area (Å²) >= 11 is 0. The van der Waals surface area contributed by atoms with Crippen LogP contribution in [-0.4, -0.2) is 25.0 Å². The molecule has 1 heterocycles. The minimum Gasteiger partial charge on any atom is -0.494 e. The van der Waals surface area contributed by atoms with Gasteiger partial charge in [0.05, 0.1) is 24.0 Å². The maximum atomic E-state index is 14.4. The van der Waals surface area contributed by atoms with Crippen molar-refractivity contribution in [1.82, 2.24) is 0 Å². The fourth-order valence-corrected chi connectivity index (χ4v) is 2.60. The molecule has 1 N–H and O–H groups in total. The van der Waals surface area contributed by atoms with Crippen molar-refractivity contribution >= 4 is 23.2 Å². The Kier molecular flexibility index (Phi) is 3.73. The van der Waals surface area contributed by atoms with Gasteiger partial charge in [0.1, 0.15) is 6.04 Å². The number of anilines is 2. The number of amides is 2. The first kappa shape index (κ1) is 15.0. The second-order valence-corrected chi connectivity index (χ2v) is 5.18. The Morgan fingerprint density at radius 3 is 2.70 bits per heavy atom. The van der Waals surface area contributed by atoms with Gasteiger partial charge in [-0.1, -0.05) is 18.2 Å². The van der Waals surface area contributed by atoms with E-state index in [1.807, 2.05) is 0 Å². The number of nitrogens with zero attached hydrogens (tertiary/aromatic N) is 1. The van der Waals surface area contributed by atoms with Crippen LogP contribution in [0.2, 0.25) is 0 Å². The van der Waals surface area contributed by atoms with Crippen molar-refractivity contribution in [3.05, 3.63) is 53.8 Å². The molecule has 0 saturated carbocycles. The number of halogens is 1. The number of carbonyl (C=O) groups is 2. The fraction of sp³-hybridized carbons (Fsp3) is 0.176. The molecule has 1 atom stereocenters. The Bertz CT molecular complexity index is 791. The van der Waals surface area contributed by atoms with Gasteiger partial charge < -0.3 is 10.1 Å². The number of hydrogen-bond acceptors (Lipinski definition) is 3. The smallest absolute Gasteiger partial charge is 0.262 e. The Balaban J connectivity index is 2.10. The molecule has 1 aliphatic heterocycles. The van der Waals surface area contributed by atoms with Crippen LogP contribution in [0.5, 0.6) is 5.75 Å². The number of para-hydroxylation sites is 2. The Labute approximate surface area is 132 Å². The summed E-state index contributed by atoms with van der Waals surface area (Å²) in [6, 6.07) is 10.5. The number of fused-ring (bicyclic) bond motifs is 1. The zero-order valence-corrected chi connectivity index (χ0v) is 12.7. The van der Waals surface area contributed by atoms with Gasteiger partial charge in [0.2, 0.25) is 5.91 Å². The van der Waals surface area contributed by atoms with Crippen molar-refractivity contribution in [2.24, 2.45) is 0 Å². The molecule has 2 aromatic carbocycles. The standard InChI is InChI=1S/C17H15FN2O3/c1-10-16(21)19-12-7-3-4-8-13(12)20(10)17(22)11-6-5-9-14(23-2)15(11)18/h3-10H,1-2H3,(H,19,21)/t10-/m0/s1. The van der Waals surface area contributed by atoms with Crippen molar-refractivity contribution in [2.45, 2.75) is 13.0 Å². The van der Waals surface area contributed by atoms with Gasteiger partial charge in [-0.3, -0.25) is 14.5 Å². The maximum absolute atomic E-state index is 14.4. The quantitative estimate of drug-likeness (QED) is 0.927. The van der Waals surface area contributed by atoms with E-state index < -0.39 is 17.8 Å². The van der Waals surface area contributed by atoms with Gasteiger partial charge in [-0.05, 0) is 31.2 Å². The predicted molar refractivity (Wildman–Crippen MR) is 84.3 cm³/mol. The number of ether oxygens (including phenoxy) is 1. The molecule has 3 rings (SSSR count). The summed E-state index contributed by atoms with van der Waals surface area (Å²) in [5.41, 5.74) is 0.916. The normalized spacial score (nSPS) is 16.6. The molecule has 0 aromatic heterocycles. The highest BCUT2D eigenvalue weighted by atomic mass is 19.1. The molecule has 0 unspecified atom stereocenters. The summed E-state index contributed by atoms with van der Waals surface area (Å²) in [7, 11) is 1.33. The van der Waals surface area contributed by atoms with Gasteiger partial charge in [-0.25, -0.2) is 4.39 Å². The third-order valence-electron chi connectivity index (χ3n) is 3.82. The lowest BCUT2D eigenvalue weighted by Crippen LogP contribution is -2.49. The SMILES string of the molecule is COc1cccc(C(=O)N2c3ccccc3NC(=O)[C@@H]2C)c1F. The minimum atomic E-state index is -0.747. The molecule has 2 amide bonds. The monoisotopic (exact) mass is 314 g/mol. The van der Waals surface area contributed by atoms with Crippen LogP contribution in [0.3, 0.4) is 0 Å². The van der Waals surface area contributed by atoms with E-state index in [0.29, 0.717) is 11.4 Å². The van der Waals surface area contributed by atoms with Crippen LogP contribution in [0.1, 0.15) is 17.3 Å². The predicted octanol–water partition coefficient (Wildman–Crippen LogP) is 2.82. The molecule has 5 nitrogen and oxygen atoms in total. The highest BCUT2D eigenvalue weighted by Crippen LogP contribution is 2.33. The van der Waals surface area contributed by atoms with Crippen LogP contribution in [0.4, 0.5) is 15.8 Å². The van der Waals surface area contributed by atoms with E-state index in [1.165, 1.54) is 30.2 Å². The number of benzene rings is 2. The van der Waals surface area contributed by atoms with E-state index in [9.17, 15) is 14.0 Å². The summed E-state index contributed by atoms with van der Waals surface area (Å²) in [5.74, 6) is -1.66. The van der Waals surface area contributed by atoms with E-state index in [0.717, 1.165) is 0 Å². The van der Waals surface area contributed by atoms with Gasteiger partial charge in [0.25, 0.3) is 5.91 Å². The molecule has 23 heavy (non-hydrogen) atoms. The molecule has 0 radical (unpaired) electrons. The number of hydrogen-bond donors (Lipinski definition) is 1. The zero-order chi connectivity index (χ0) is 16.6. The van der Waals surface area contributed by atoms with E-state index in [2.05, 4.69) is 5.32 Å². The second-order valence-electron chi connectivity index (χ2n) is 5.18. The first-order chi connectivity index (χ1) is 11.0. The van der Waals surface area contributed by atoms with E-state index in [4.69, 9.17) is 4.74 Å². The highest BCUT2D eigenvalue weighted by Gasteiger charge is 2.35. The van der Waals surface area contributed by atoms with Crippen molar-refractivity contribution in [3.8, 4) is 5.75 Å². The van der Waals surface area contributed by atoms with Crippen molar-refractivity contribution in [3.63, 3.8) is 0 Å². The maximum Gasteiger partial charge on any atom is 0.262 e. The van der Waals surface area contributed by atoms with Gasteiger partial charge in [-0.15, -0.1) is 0 Å². The summed E-state index contributed by atoms with van der Waals surface area (Å²) in [6.45, 7) is 1.60. The van der Waals surface area contributed by atoms with Gasteiger partial charge in [-0.2, -0.15) is 0 Å². The molecule has 0 bridgehead atoms. The van der Waals surface area contributed by atoms with E-state index in [1.54, 1.807) is 31.2 Å².